The average Bonchev–Trinajstić information content (AvgIpc) is 3.24. The third-order valence-electron chi connectivity index (χ3n) is 4.95. The number of ether oxygens (including phenoxy) is 4. The van der Waals surface area contributed by atoms with Gasteiger partial charge in [0.15, 0.2) is 17.2 Å². The number of hydrogen-bond donors (Lipinski definition) is 0. The molecule has 1 heterocycles. The summed E-state index contributed by atoms with van der Waals surface area (Å²) in [5.74, 6) is -0.596. The van der Waals surface area contributed by atoms with Crippen molar-refractivity contribution in [1.29, 1.82) is 0 Å². The van der Waals surface area contributed by atoms with Gasteiger partial charge in [-0.1, -0.05) is 24.3 Å². The molecule has 1 aliphatic heterocycles. The normalized spacial score (nSPS) is 13.7. The van der Waals surface area contributed by atoms with Gasteiger partial charge in [0.1, 0.15) is 11.3 Å². The lowest BCUT2D eigenvalue weighted by Crippen LogP contribution is -2.10. The lowest BCUT2D eigenvalue weighted by molar-refractivity contribution is -0.384. The molecule has 35 heavy (non-hydrogen) atoms. The second-order valence-corrected chi connectivity index (χ2v) is 7.14. The summed E-state index contributed by atoms with van der Waals surface area (Å²) in [6, 6.07) is 17.0. The van der Waals surface area contributed by atoms with Crippen molar-refractivity contribution >= 4 is 29.6 Å². The SMILES string of the molecule is COc1cc(C=C2N=C(c3cccc([N+](=O)[O-])c3)OC2=O)ccc1OC(=O)c1ccccc1OC. The van der Waals surface area contributed by atoms with E-state index in [9.17, 15) is 19.7 Å². The average molecular weight is 474 g/mol. The molecule has 0 atom stereocenters. The predicted molar refractivity (Wildman–Crippen MR) is 125 cm³/mol. The van der Waals surface area contributed by atoms with Crippen LogP contribution in [0.1, 0.15) is 21.5 Å². The van der Waals surface area contributed by atoms with Crippen molar-refractivity contribution in [3.63, 3.8) is 0 Å². The highest BCUT2D eigenvalue weighted by Crippen LogP contribution is 2.31. The summed E-state index contributed by atoms with van der Waals surface area (Å²) >= 11 is 0. The molecule has 0 aromatic heterocycles. The monoisotopic (exact) mass is 474 g/mol. The summed E-state index contributed by atoms with van der Waals surface area (Å²) < 4.78 is 21.2. The van der Waals surface area contributed by atoms with E-state index in [0.717, 1.165) is 0 Å². The Labute approximate surface area is 199 Å². The number of benzene rings is 3. The molecule has 176 valence electrons. The van der Waals surface area contributed by atoms with Crippen molar-refractivity contribution in [3.05, 3.63) is 99.2 Å². The number of carbonyl (C=O) groups is 2. The maximum Gasteiger partial charge on any atom is 0.363 e. The molecule has 0 aliphatic carbocycles. The van der Waals surface area contributed by atoms with Crippen LogP contribution in [0.15, 0.2) is 77.4 Å². The first-order valence-corrected chi connectivity index (χ1v) is 10.2. The van der Waals surface area contributed by atoms with E-state index in [2.05, 4.69) is 4.99 Å². The van der Waals surface area contributed by atoms with Crippen LogP contribution in [0.4, 0.5) is 5.69 Å². The van der Waals surface area contributed by atoms with E-state index < -0.39 is 16.9 Å². The van der Waals surface area contributed by atoms with Crippen LogP contribution in [0.5, 0.6) is 17.2 Å². The van der Waals surface area contributed by atoms with E-state index in [1.54, 1.807) is 42.5 Å². The minimum absolute atomic E-state index is 0.00711. The fourth-order valence-corrected chi connectivity index (χ4v) is 3.27. The second-order valence-electron chi connectivity index (χ2n) is 7.14. The zero-order valence-electron chi connectivity index (χ0n) is 18.6. The van der Waals surface area contributed by atoms with Crippen molar-refractivity contribution in [1.82, 2.24) is 0 Å². The van der Waals surface area contributed by atoms with Gasteiger partial charge < -0.3 is 18.9 Å². The molecule has 0 amide bonds. The fourth-order valence-electron chi connectivity index (χ4n) is 3.27. The molecule has 4 rings (SSSR count). The summed E-state index contributed by atoms with van der Waals surface area (Å²) in [6.45, 7) is 0. The van der Waals surface area contributed by atoms with Crippen molar-refractivity contribution < 1.29 is 33.5 Å². The van der Waals surface area contributed by atoms with Crippen LogP contribution >= 0.6 is 0 Å². The number of nitro benzene ring substituents is 1. The van der Waals surface area contributed by atoms with Crippen molar-refractivity contribution in [2.24, 2.45) is 4.99 Å². The number of hydrogen-bond acceptors (Lipinski definition) is 9. The molecule has 0 spiro atoms. The number of para-hydroxylation sites is 1. The smallest absolute Gasteiger partial charge is 0.363 e. The van der Waals surface area contributed by atoms with E-state index in [4.69, 9.17) is 18.9 Å². The van der Waals surface area contributed by atoms with Crippen LogP contribution in [-0.4, -0.2) is 37.0 Å². The number of aliphatic imine (C=N–C) groups is 1. The van der Waals surface area contributed by atoms with Gasteiger partial charge in [-0.25, -0.2) is 14.6 Å². The third kappa shape index (κ3) is 5.01. The van der Waals surface area contributed by atoms with E-state index in [0.29, 0.717) is 16.9 Å². The van der Waals surface area contributed by atoms with Crippen molar-refractivity contribution in [2.75, 3.05) is 14.2 Å². The minimum atomic E-state index is -0.711. The molecule has 0 unspecified atom stereocenters. The van der Waals surface area contributed by atoms with Gasteiger partial charge in [0.25, 0.3) is 5.69 Å². The highest BCUT2D eigenvalue weighted by Gasteiger charge is 2.25. The molecule has 0 fully saturated rings. The molecule has 0 N–H and O–H groups in total. The van der Waals surface area contributed by atoms with Gasteiger partial charge >= 0.3 is 11.9 Å². The Morgan fingerprint density at radius 1 is 0.971 bits per heavy atom. The lowest BCUT2D eigenvalue weighted by atomic mass is 10.1. The number of methoxy groups -OCH3 is 2. The molecule has 0 radical (unpaired) electrons. The number of esters is 2. The Bertz CT molecular complexity index is 1390. The summed E-state index contributed by atoms with van der Waals surface area (Å²) in [7, 11) is 2.87. The van der Waals surface area contributed by atoms with Gasteiger partial charge in [0.2, 0.25) is 5.90 Å². The number of cyclic esters (lactones) is 1. The Morgan fingerprint density at radius 2 is 1.74 bits per heavy atom. The maximum absolute atomic E-state index is 12.6. The van der Waals surface area contributed by atoms with E-state index >= 15 is 0 Å². The van der Waals surface area contributed by atoms with Gasteiger partial charge in [0.05, 0.1) is 19.1 Å². The van der Waals surface area contributed by atoms with Gasteiger partial charge in [0, 0.05) is 17.7 Å². The lowest BCUT2D eigenvalue weighted by Gasteiger charge is -2.11. The Balaban J connectivity index is 1.58. The zero-order chi connectivity index (χ0) is 24.9. The van der Waals surface area contributed by atoms with Crippen LogP contribution in [-0.2, 0) is 9.53 Å². The number of nitrogens with zero attached hydrogens (tertiary/aromatic N) is 2. The predicted octanol–water partition coefficient (Wildman–Crippen LogP) is 4.18. The van der Waals surface area contributed by atoms with Gasteiger partial charge in [-0.15, -0.1) is 0 Å². The van der Waals surface area contributed by atoms with E-state index in [1.165, 1.54) is 44.6 Å². The third-order valence-corrected chi connectivity index (χ3v) is 4.95. The summed E-state index contributed by atoms with van der Waals surface area (Å²) in [5, 5.41) is 11.0. The first-order chi connectivity index (χ1) is 16.9. The molecule has 3 aromatic carbocycles. The Hall–Kier alpha value is -4.99. The van der Waals surface area contributed by atoms with Crippen LogP contribution in [0.2, 0.25) is 0 Å². The second kappa shape index (κ2) is 9.87. The molecule has 3 aromatic rings. The quantitative estimate of drug-likeness (QED) is 0.164. The van der Waals surface area contributed by atoms with E-state index in [-0.39, 0.29) is 34.3 Å². The first kappa shape index (κ1) is 23.2. The van der Waals surface area contributed by atoms with Crippen LogP contribution in [0, 0.1) is 10.1 Å². The maximum atomic E-state index is 12.6. The molecule has 0 bridgehead atoms. The molecule has 10 heteroatoms. The van der Waals surface area contributed by atoms with Crippen LogP contribution in [0.25, 0.3) is 6.08 Å². The highest BCUT2D eigenvalue weighted by molar-refractivity contribution is 6.13. The number of non-ortho nitro benzene ring substituents is 1. The van der Waals surface area contributed by atoms with Gasteiger partial charge in [-0.3, -0.25) is 10.1 Å². The summed E-state index contributed by atoms with van der Waals surface area (Å²) in [4.78, 5) is 39.5. The number of carbonyl (C=O) groups excluding carboxylic acids is 2. The highest BCUT2D eigenvalue weighted by atomic mass is 16.6. The van der Waals surface area contributed by atoms with Gasteiger partial charge in [-0.05, 0) is 42.0 Å². The molecule has 10 nitrogen and oxygen atoms in total. The molecule has 0 saturated heterocycles. The molecular formula is C25H18N2O8. The summed E-state index contributed by atoms with van der Waals surface area (Å²) in [6.07, 6.45) is 1.46. The number of rotatable bonds is 7. The fraction of sp³-hybridized carbons (Fsp3) is 0.0800. The number of nitro groups is 1. The first-order valence-electron chi connectivity index (χ1n) is 10.2. The Morgan fingerprint density at radius 3 is 2.49 bits per heavy atom. The standard InChI is InChI=1S/C25H18N2O8/c1-32-20-9-4-3-8-18(20)24(28)34-21-11-10-15(13-22(21)33-2)12-19-25(29)35-23(26-19)16-6-5-7-17(14-16)27(30)31/h3-14H,1-2H3. The topological polar surface area (TPSA) is 127 Å². The van der Waals surface area contributed by atoms with Gasteiger partial charge in [-0.2, -0.15) is 0 Å². The van der Waals surface area contributed by atoms with Crippen LogP contribution < -0.4 is 14.2 Å². The molecular weight excluding hydrogens is 456 g/mol. The Kier molecular flexibility index (Phi) is 6.54. The van der Waals surface area contributed by atoms with E-state index in [1.807, 2.05) is 0 Å². The largest absolute Gasteiger partial charge is 0.496 e. The minimum Gasteiger partial charge on any atom is -0.496 e. The molecule has 1 aliphatic rings. The van der Waals surface area contributed by atoms with Crippen LogP contribution in [0.3, 0.4) is 0 Å². The summed E-state index contributed by atoms with van der Waals surface area (Å²) in [5.41, 5.74) is 0.913. The van der Waals surface area contributed by atoms with Crippen molar-refractivity contribution in [3.8, 4) is 17.2 Å². The molecule has 0 saturated carbocycles. The zero-order valence-corrected chi connectivity index (χ0v) is 18.6. The van der Waals surface area contributed by atoms with Crippen molar-refractivity contribution in [2.45, 2.75) is 0 Å².